The average Bonchev–Trinajstić information content (AvgIpc) is 2.78. The lowest BCUT2D eigenvalue weighted by atomic mass is 10.0. The van der Waals surface area contributed by atoms with E-state index in [1.807, 2.05) is 6.08 Å². The molecule has 182 valence electrons. The van der Waals surface area contributed by atoms with Crippen LogP contribution in [0.1, 0.15) is 136 Å². The third kappa shape index (κ3) is 20.6. The summed E-state index contributed by atoms with van der Waals surface area (Å²) in [6.45, 7) is 7.67. The van der Waals surface area contributed by atoms with Gasteiger partial charge < -0.3 is 9.47 Å². The van der Waals surface area contributed by atoms with E-state index in [9.17, 15) is 4.79 Å². The van der Waals surface area contributed by atoms with Gasteiger partial charge >= 0.3 is 0 Å². The Morgan fingerprint density at radius 3 is 1.84 bits per heavy atom. The molecule has 0 radical (unpaired) electrons. The zero-order valence-corrected chi connectivity index (χ0v) is 21.1. The van der Waals surface area contributed by atoms with Gasteiger partial charge in [-0.05, 0) is 38.2 Å². The Hall–Kier alpha value is -1.09. The predicted octanol–water partition coefficient (Wildman–Crippen LogP) is 9.07. The SMILES string of the molecule is CCCCCCC=CC(OCOCCCCCCCCC)=C(C=O)CCCCCCC. The van der Waals surface area contributed by atoms with Crippen LogP contribution in [0.4, 0.5) is 0 Å². The predicted molar refractivity (Wildman–Crippen MR) is 134 cm³/mol. The zero-order chi connectivity index (χ0) is 22.8. The van der Waals surface area contributed by atoms with Crippen molar-refractivity contribution in [3.05, 3.63) is 23.5 Å². The van der Waals surface area contributed by atoms with Gasteiger partial charge in [0, 0.05) is 5.57 Å². The fraction of sp³-hybridized carbons (Fsp3) is 0.821. The first kappa shape index (κ1) is 29.9. The topological polar surface area (TPSA) is 35.5 Å². The van der Waals surface area contributed by atoms with Crippen LogP contribution in [0.5, 0.6) is 0 Å². The van der Waals surface area contributed by atoms with E-state index in [0.29, 0.717) is 5.76 Å². The number of ether oxygens (including phenoxy) is 2. The molecule has 3 heteroatoms. The van der Waals surface area contributed by atoms with Gasteiger partial charge in [-0.3, -0.25) is 4.79 Å². The lowest BCUT2D eigenvalue weighted by Gasteiger charge is -2.11. The highest BCUT2D eigenvalue weighted by Gasteiger charge is 2.06. The molecule has 0 heterocycles. The van der Waals surface area contributed by atoms with Crippen molar-refractivity contribution in [2.24, 2.45) is 0 Å². The van der Waals surface area contributed by atoms with E-state index in [-0.39, 0.29) is 6.79 Å². The van der Waals surface area contributed by atoms with Gasteiger partial charge in [0.15, 0.2) is 6.79 Å². The molecule has 0 aromatic heterocycles. The maximum absolute atomic E-state index is 11.7. The summed E-state index contributed by atoms with van der Waals surface area (Å²) in [4.78, 5) is 11.7. The van der Waals surface area contributed by atoms with Crippen LogP contribution >= 0.6 is 0 Å². The summed E-state index contributed by atoms with van der Waals surface area (Å²) in [6.07, 6.45) is 26.9. The van der Waals surface area contributed by atoms with E-state index in [1.165, 1.54) is 89.9 Å². The Balaban J connectivity index is 4.38. The van der Waals surface area contributed by atoms with Crippen LogP contribution < -0.4 is 0 Å². The molecule has 0 fully saturated rings. The molecule has 0 rings (SSSR count). The molecule has 0 saturated carbocycles. The smallest absolute Gasteiger partial charge is 0.189 e. The minimum Gasteiger partial charge on any atom is -0.467 e. The quantitative estimate of drug-likeness (QED) is 0.0378. The lowest BCUT2D eigenvalue weighted by Crippen LogP contribution is -2.04. The second-order valence-corrected chi connectivity index (χ2v) is 8.72. The number of hydrogen-bond acceptors (Lipinski definition) is 3. The van der Waals surface area contributed by atoms with Crippen LogP contribution in [-0.2, 0) is 14.3 Å². The van der Waals surface area contributed by atoms with Crippen LogP contribution in [-0.4, -0.2) is 19.7 Å². The third-order valence-corrected chi connectivity index (χ3v) is 5.69. The van der Waals surface area contributed by atoms with Crippen LogP contribution in [0.3, 0.4) is 0 Å². The van der Waals surface area contributed by atoms with Crippen LogP contribution in [0, 0.1) is 0 Å². The zero-order valence-electron chi connectivity index (χ0n) is 21.1. The molecular formula is C28H52O3. The molecule has 0 aliphatic carbocycles. The molecule has 0 atom stereocenters. The molecule has 0 aliphatic heterocycles. The normalized spacial score (nSPS) is 12.4. The van der Waals surface area contributed by atoms with Gasteiger partial charge in [-0.1, -0.05) is 110 Å². The summed E-state index contributed by atoms with van der Waals surface area (Å²) >= 11 is 0. The van der Waals surface area contributed by atoms with Crippen molar-refractivity contribution in [3.63, 3.8) is 0 Å². The molecule has 3 nitrogen and oxygen atoms in total. The van der Waals surface area contributed by atoms with E-state index in [4.69, 9.17) is 9.47 Å². The summed E-state index contributed by atoms with van der Waals surface area (Å²) in [6, 6.07) is 0. The molecule has 0 aromatic carbocycles. The summed E-state index contributed by atoms with van der Waals surface area (Å²) < 4.78 is 11.6. The Morgan fingerprint density at radius 2 is 1.23 bits per heavy atom. The minimum absolute atomic E-state index is 0.235. The molecule has 0 aromatic rings. The largest absolute Gasteiger partial charge is 0.467 e. The minimum atomic E-state index is 0.235. The third-order valence-electron chi connectivity index (χ3n) is 5.69. The molecule has 31 heavy (non-hydrogen) atoms. The molecule has 0 N–H and O–H groups in total. The molecular weight excluding hydrogens is 384 g/mol. The first-order valence-electron chi connectivity index (χ1n) is 13.3. The van der Waals surface area contributed by atoms with E-state index >= 15 is 0 Å². The number of allylic oxidation sites excluding steroid dienone is 3. The molecule has 0 amide bonds. The number of aldehydes is 1. The fourth-order valence-electron chi connectivity index (χ4n) is 3.61. The van der Waals surface area contributed by atoms with Crippen molar-refractivity contribution in [2.75, 3.05) is 13.4 Å². The first-order chi connectivity index (χ1) is 15.3. The van der Waals surface area contributed by atoms with Gasteiger partial charge in [-0.2, -0.15) is 0 Å². The molecule has 0 saturated heterocycles. The van der Waals surface area contributed by atoms with Crippen LogP contribution in [0.15, 0.2) is 23.5 Å². The number of carbonyl (C=O) groups is 1. The summed E-state index contributed by atoms with van der Waals surface area (Å²) in [7, 11) is 0. The maximum atomic E-state index is 11.7. The number of rotatable bonds is 24. The van der Waals surface area contributed by atoms with Crippen molar-refractivity contribution in [2.45, 2.75) is 136 Å². The van der Waals surface area contributed by atoms with E-state index in [1.54, 1.807) is 0 Å². The highest BCUT2D eigenvalue weighted by Crippen LogP contribution is 2.17. The Morgan fingerprint density at radius 1 is 0.677 bits per heavy atom. The summed E-state index contributed by atoms with van der Waals surface area (Å²) in [5.41, 5.74) is 0.779. The highest BCUT2D eigenvalue weighted by molar-refractivity contribution is 5.74. The molecule has 0 aliphatic rings. The van der Waals surface area contributed by atoms with Crippen molar-refractivity contribution >= 4 is 6.29 Å². The van der Waals surface area contributed by atoms with Gasteiger partial charge in [-0.15, -0.1) is 0 Å². The highest BCUT2D eigenvalue weighted by atomic mass is 16.7. The van der Waals surface area contributed by atoms with Crippen molar-refractivity contribution in [1.82, 2.24) is 0 Å². The van der Waals surface area contributed by atoms with Crippen LogP contribution in [0.25, 0.3) is 0 Å². The van der Waals surface area contributed by atoms with Crippen molar-refractivity contribution in [3.8, 4) is 0 Å². The van der Waals surface area contributed by atoms with Crippen molar-refractivity contribution < 1.29 is 14.3 Å². The second-order valence-electron chi connectivity index (χ2n) is 8.72. The standard InChI is InChI=1S/C28H52O3/c1-4-7-10-13-15-18-21-24-30-26-31-28(23-20-17-14-11-8-5-2)27(25-29)22-19-16-12-9-6-3/h20,23,25H,4-19,21-22,24,26H2,1-3H3. The molecule has 0 spiro atoms. The van der Waals surface area contributed by atoms with Gasteiger partial charge in [0.05, 0.1) is 6.61 Å². The van der Waals surface area contributed by atoms with Crippen LogP contribution in [0.2, 0.25) is 0 Å². The Kier molecular flexibility index (Phi) is 24.3. The number of unbranched alkanes of at least 4 members (excludes halogenated alkanes) is 14. The average molecular weight is 437 g/mol. The van der Waals surface area contributed by atoms with Gasteiger partial charge in [0.2, 0.25) is 0 Å². The number of carbonyl (C=O) groups excluding carboxylic acids is 1. The number of hydrogen-bond donors (Lipinski definition) is 0. The van der Waals surface area contributed by atoms with E-state index in [2.05, 4.69) is 26.8 Å². The van der Waals surface area contributed by atoms with Gasteiger partial charge in [0.25, 0.3) is 0 Å². The fourth-order valence-corrected chi connectivity index (χ4v) is 3.61. The van der Waals surface area contributed by atoms with E-state index in [0.717, 1.165) is 44.1 Å². The molecule has 0 unspecified atom stereocenters. The summed E-state index contributed by atoms with van der Waals surface area (Å²) in [5, 5.41) is 0. The lowest BCUT2D eigenvalue weighted by molar-refractivity contribution is -0.105. The van der Waals surface area contributed by atoms with Gasteiger partial charge in [-0.25, -0.2) is 0 Å². The van der Waals surface area contributed by atoms with E-state index < -0.39 is 0 Å². The first-order valence-corrected chi connectivity index (χ1v) is 13.3. The Bertz CT molecular complexity index is 440. The van der Waals surface area contributed by atoms with Crippen molar-refractivity contribution in [1.29, 1.82) is 0 Å². The summed E-state index contributed by atoms with van der Waals surface area (Å²) in [5.74, 6) is 0.709. The monoisotopic (exact) mass is 436 g/mol. The maximum Gasteiger partial charge on any atom is 0.189 e. The second kappa shape index (κ2) is 25.2. The van der Waals surface area contributed by atoms with Gasteiger partial charge in [0.1, 0.15) is 12.0 Å². The molecule has 0 bridgehead atoms. The Labute approximate surface area is 194 Å².